The van der Waals surface area contributed by atoms with Crippen LogP contribution in [0.1, 0.15) is 0 Å². The van der Waals surface area contributed by atoms with E-state index in [1.807, 2.05) is 36.4 Å². The summed E-state index contributed by atoms with van der Waals surface area (Å²) in [5, 5.41) is 5.35. The first-order valence-corrected chi connectivity index (χ1v) is 7.17. The molecule has 0 amide bonds. The quantitative estimate of drug-likeness (QED) is 0.772. The van der Waals surface area contributed by atoms with Crippen LogP contribution in [0.25, 0.3) is 10.8 Å². The van der Waals surface area contributed by atoms with E-state index in [-0.39, 0.29) is 0 Å². The van der Waals surface area contributed by atoms with Crippen LogP contribution >= 0.6 is 0 Å². The van der Waals surface area contributed by atoms with E-state index in [2.05, 4.69) is 10.3 Å². The van der Waals surface area contributed by atoms with Crippen molar-refractivity contribution in [3.05, 3.63) is 48.8 Å². The Hall–Kier alpha value is -2.95. The molecule has 1 N–H and O–H groups in total. The largest absolute Gasteiger partial charge is 0.495 e. The normalized spacial score (nSPS) is 10.4. The SMILES string of the molecule is COc1ccccc1Nc1c(OC)c(OC)cc2cnccc12. The Kier molecular flexibility index (Phi) is 4.19. The number of anilines is 2. The average molecular weight is 310 g/mol. The standard InChI is InChI=1S/C18H18N2O3/c1-21-15-7-5-4-6-14(15)20-17-13-8-9-19-11-12(13)10-16(22-2)18(17)23-3/h4-11,20H,1-3H3. The minimum Gasteiger partial charge on any atom is -0.495 e. The van der Waals surface area contributed by atoms with Crippen LogP contribution in [-0.4, -0.2) is 26.3 Å². The Bertz CT molecular complexity index is 834. The monoisotopic (exact) mass is 310 g/mol. The summed E-state index contributed by atoms with van der Waals surface area (Å²) in [6.45, 7) is 0. The topological polar surface area (TPSA) is 52.6 Å². The highest BCUT2D eigenvalue weighted by molar-refractivity contribution is 6.00. The summed E-state index contributed by atoms with van der Waals surface area (Å²) in [7, 11) is 4.89. The van der Waals surface area contributed by atoms with Crippen LogP contribution in [0.2, 0.25) is 0 Å². The molecule has 118 valence electrons. The second-order valence-electron chi connectivity index (χ2n) is 4.91. The van der Waals surface area contributed by atoms with Crippen molar-refractivity contribution in [2.45, 2.75) is 0 Å². The fourth-order valence-electron chi connectivity index (χ4n) is 2.56. The highest BCUT2D eigenvalue weighted by atomic mass is 16.5. The van der Waals surface area contributed by atoms with Gasteiger partial charge in [-0.2, -0.15) is 0 Å². The van der Waals surface area contributed by atoms with E-state index in [1.54, 1.807) is 33.7 Å². The average Bonchev–Trinajstić information content (AvgIpc) is 2.61. The first-order valence-electron chi connectivity index (χ1n) is 7.17. The molecule has 5 nitrogen and oxygen atoms in total. The minimum atomic E-state index is 0.636. The zero-order valence-corrected chi connectivity index (χ0v) is 13.3. The van der Waals surface area contributed by atoms with Gasteiger partial charge in [-0.15, -0.1) is 0 Å². The van der Waals surface area contributed by atoms with Gasteiger partial charge in [0.1, 0.15) is 5.75 Å². The molecule has 23 heavy (non-hydrogen) atoms. The molecule has 2 aromatic carbocycles. The maximum Gasteiger partial charge on any atom is 0.184 e. The molecule has 0 fully saturated rings. The van der Waals surface area contributed by atoms with Crippen molar-refractivity contribution in [2.75, 3.05) is 26.6 Å². The Balaban J connectivity index is 2.22. The van der Waals surface area contributed by atoms with Crippen LogP contribution in [0.15, 0.2) is 48.8 Å². The molecule has 3 rings (SSSR count). The molecule has 0 bridgehead atoms. The lowest BCUT2D eigenvalue weighted by atomic mass is 10.1. The van der Waals surface area contributed by atoms with E-state index in [9.17, 15) is 0 Å². The Morgan fingerprint density at radius 3 is 2.43 bits per heavy atom. The van der Waals surface area contributed by atoms with Gasteiger partial charge in [0.05, 0.1) is 32.7 Å². The maximum absolute atomic E-state index is 5.57. The van der Waals surface area contributed by atoms with Crippen molar-refractivity contribution in [1.29, 1.82) is 0 Å². The van der Waals surface area contributed by atoms with Crippen molar-refractivity contribution >= 4 is 22.1 Å². The van der Waals surface area contributed by atoms with Crippen molar-refractivity contribution < 1.29 is 14.2 Å². The number of hydrogen-bond donors (Lipinski definition) is 1. The van der Waals surface area contributed by atoms with E-state index >= 15 is 0 Å². The van der Waals surface area contributed by atoms with Gasteiger partial charge in [-0.3, -0.25) is 4.98 Å². The predicted octanol–water partition coefficient (Wildman–Crippen LogP) is 4.00. The lowest BCUT2D eigenvalue weighted by Gasteiger charge is -2.18. The molecule has 0 unspecified atom stereocenters. The summed E-state index contributed by atoms with van der Waals surface area (Å²) in [6, 6.07) is 11.6. The molecule has 1 heterocycles. The van der Waals surface area contributed by atoms with E-state index in [1.165, 1.54) is 0 Å². The van der Waals surface area contributed by atoms with Crippen LogP contribution in [0.3, 0.4) is 0 Å². The van der Waals surface area contributed by atoms with Gasteiger partial charge in [-0.25, -0.2) is 0 Å². The number of nitrogens with zero attached hydrogens (tertiary/aromatic N) is 1. The Labute approximate surface area is 134 Å². The number of ether oxygens (including phenoxy) is 3. The van der Waals surface area contributed by atoms with Gasteiger partial charge in [0, 0.05) is 23.2 Å². The number of benzene rings is 2. The number of pyridine rings is 1. The van der Waals surface area contributed by atoms with Crippen LogP contribution in [0, 0.1) is 0 Å². The first-order chi connectivity index (χ1) is 11.3. The number of rotatable bonds is 5. The summed E-state index contributed by atoms with van der Waals surface area (Å²) in [5.41, 5.74) is 1.66. The molecular formula is C18H18N2O3. The fraction of sp³-hybridized carbons (Fsp3) is 0.167. The second kappa shape index (κ2) is 6.44. The second-order valence-corrected chi connectivity index (χ2v) is 4.91. The van der Waals surface area contributed by atoms with Gasteiger partial charge in [0.15, 0.2) is 11.5 Å². The van der Waals surface area contributed by atoms with Crippen molar-refractivity contribution in [3.63, 3.8) is 0 Å². The zero-order chi connectivity index (χ0) is 16.2. The summed E-state index contributed by atoms with van der Waals surface area (Å²) in [6.07, 6.45) is 3.55. The molecule has 0 saturated heterocycles. The zero-order valence-electron chi connectivity index (χ0n) is 13.3. The fourth-order valence-corrected chi connectivity index (χ4v) is 2.56. The molecule has 0 atom stereocenters. The van der Waals surface area contributed by atoms with Crippen LogP contribution in [-0.2, 0) is 0 Å². The molecule has 0 saturated carbocycles. The molecule has 0 aliphatic carbocycles. The third-order valence-electron chi connectivity index (χ3n) is 3.65. The Morgan fingerprint density at radius 1 is 0.913 bits per heavy atom. The van der Waals surface area contributed by atoms with E-state index in [0.29, 0.717) is 11.5 Å². The predicted molar refractivity (Wildman–Crippen MR) is 91.1 cm³/mol. The number of aromatic nitrogens is 1. The third kappa shape index (κ3) is 2.73. The number of hydrogen-bond acceptors (Lipinski definition) is 5. The van der Waals surface area contributed by atoms with Crippen molar-refractivity contribution in [3.8, 4) is 17.2 Å². The summed E-state index contributed by atoms with van der Waals surface area (Å²) >= 11 is 0. The van der Waals surface area contributed by atoms with Gasteiger partial charge in [-0.1, -0.05) is 12.1 Å². The molecule has 0 aliphatic rings. The number of nitrogens with one attached hydrogen (secondary N) is 1. The number of methoxy groups -OCH3 is 3. The third-order valence-corrected chi connectivity index (χ3v) is 3.65. The molecule has 5 heteroatoms. The summed E-state index contributed by atoms with van der Waals surface area (Å²) in [5.74, 6) is 2.03. The van der Waals surface area contributed by atoms with Gasteiger partial charge in [-0.05, 0) is 24.3 Å². The van der Waals surface area contributed by atoms with E-state index < -0.39 is 0 Å². The number of para-hydroxylation sites is 2. The summed E-state index contributed by atoms with van der Waals surface area (Å²) in [4.78, 5) is 4.18. The van der Waals surface area contributed by atoms with Gasteiger partial charge in [0.25, 0.3) is 0 Å². The van der Waals surface area contributed by atoms with Gasteiger partial charge < -0.3 is 19.5 Å². The molecule has 0 radical (unpaired) electrons. The van der Waals surface area contributed by atoms with Crippen LogP contribution in [0.4, 0.5) is 11.4 Å². The Morgan fingerprint density at radius 2 is 1.70 bits per heavy atom. The molecule has 0 aliphatic heterocycles. The summed E-state index contributed by atoms with van der Waals surface area (Å²) < 4.78 is 16.4. The molecule has 1 aromatic heterocycles. The highest BCUT2D eigenvalue weighted by Crippen LogP contribution is 2.43. The smallest absolute Gasteiger partial charge is 0.184 e. The number of fused-ring (bicyclic) bond motifs is 1. The van der Waals surface area contributed by atoms with Crippen molar-refractivity contribution in [1.82, 2.24) is 4.98 Å². The minimum absolute atomic E-state index is 0.636. The van der Waals surface area contributed by atoms with E-state index in [0.717, 1.165) is 27.9 Å². The molecule has 3 aromatic rings. The maximum atomic E-state index is 5.57. The lowest BCUT2D eigenvalue weighted by molar-refractivity contribution is 0.357. The van der Waals surface area contributed by atoms with Crippen LogP contribution in [0.5, 0.6) is 17.2 Å². The first kappa shape index (κ1) is 15.0. The highest BCUT2D eigenvalue weighted by Gasteiger charge is 2.16. The molecular weight excluding hydrogens is 292 g/mol. The van der Waals surface area contributed by atoms with Crippen LogP contribution < -0.4 is 19.5 Å². The van der Waals surface area contributed by atoms with Gasteiger partial charge in [0.2, 0.25) is 0 Å². The molecule has 0 spiro atoms. The lowest BCUT2D eigenvalue weighted by Crippen LogP contribution is -2.00. The van der Waals surface area contributed by atoms with E-state index in [4.69, 9.17) is 14.2 Å². The van der Waals surface area contributed by atoms with Gasteiger partial charge >= 0.3 is 0 Å². The van der Waals surface area contributed by atoms with Crippen molar-refractivity contribution in [2.24, 2.45) is 0 Å².